The van der Waals surface area contributed by atoms with Crippen LogP contribution in [0.1, 0.15) is 11.5 Å². The molecule has 0 saturated carbocycles. The Morgan fingerprint density at radius 1 is 1.45 bits per heavy atom. The van der Waals surface area contributed by atoms with Crippen molar-refractivity contribution < 1.29 is 13.6 Å². The summed E-state index contributed by atoms with van der Waals surface area (Å²) in [5, 5.41) is 0. The van der Waals surface area contributed by atoms with Crippen molar-refractivity contribution >= 4 is 0 Å². The van der Waals surface area contributed by atoms with Crippen molar-refractivity contribution in [2.75, 3.05) is 13.7 Å². The van der Waals surface area contributed by atoms with Gasteiger partial charge in [-0.1, -0.05) is 0 Å². The van der Waals surface area contributed by atoms with Crippen LogP contribution in [0.2, 0.25) is 0 Å². The minimum atomic E-state index is -0.645. The molecule has 1 aromatic rings. The maximum absolute atomic E-state index is 10.5. The molecule has 0 aromatic carbocycles. The fraction of sp³-hybridized carbons (Fsp3) is 0.571. The predicted octanol–water partition coefficient (Wildman–Crippen LogP) is 0.730. The van der Waals surface area contributed by atoms with Crippen molar-refractivity contribution in [1.82, 2.24) is 0 Å². The first kappa shape index (κ1) is 8.07. The van der Waals surface area contributed by atoms with E-state index in [2.05, 4.69) is 4.42 Å². The molecule has 0 radical (unpaired) electrons. The second-order valence-electron chi connectivity index (χ2n) is 2.18. The molecule has 1 aromatic heterocycles. The van der Waals surface area contributed by atoms with Crippen molar-refractivity contribution in [3.05, 3.63) is 22.1 Å². The molecule has 1 heterocycles. The lowest BCUT2D eigenvalue weighted by Gasteiger charge is -1.92. The van der Waals surface area contributed by atoms with Crippen molar-refractivity contribution in [2.45, 2.75) is 13.3 Å². The number of hydrogen-bond donors (Lipinski definition) is 0. The second-order valence-corrected chi connectivity index (χ2v) is 2.18. The van der Waals surface area contributed by atoms with Gasteiger partial charge in [0, 0.05) is 13.5 Å². The van der Waals surface area contributed by atoms with Gasteiger partial charge in [0.05, 0.1) is 6.61 Å². The fourth-order valence-electron chi connectivity index (χ4n) is 0.797. The Kier molecular flexibility index (Phi) is 2.48. The molecule has 0 bridgehead atoms. The minimum Gasteiger partial charge on any atom is -0.396 e. The largest absolute Gasteiger partial charge is 0.519 e. The molecular weight excluding hydrogens is 148 g/mol. The topological polar surface area (TPSA) is 52.6 Å². The van der Waals surface area contributed by atoms with Gasteiger partial charge in [0.15, 0.2) is 5.76 Å². The molecule has 4 heteroatoms. The van der Waals surface area contributed by atoms with Gasteiger partial charge < -0.3 is 13.6 Å². The molecule has 0 fully saturated rings. The molecule has 62 valence electrons. The highest BCUT2D eigenvalue weighted by Gasteiger charge is 2.06. The Morgan fingerprint density at radius 3 is 2.64 bits per heavy atom. The average molecular weight is 158 g/mol. The van der Waals surface area contributed by atoms with Crippen molar-refractivity contribution in [3.63, 3.8) is 0 Å². The molecule has 0 spiro atoms. The summed E-state index contributed by atoms with van der Waals surface area (Å²) in [5.74, 6) is 0.456. The normalized spacial score (nSPS) is 10.4. The summed E-state index contributed by atoms with van der Waals surface area (Å²) in [6.07, 6.45) is 0.577. The van der Waals surface area contributed by atoms with Crippen LogP contribution in [0.15, 0.2) is 13.6 Å². The molecule has 4 nitrogen and oxygen atoms in total. The third-order valence-corrected chi connectivity index (χ3v) is 1.37. The average Bonchev–Trinajstić information content (AvgIpc) is 2.26. The van der Waals surface area contributed by atoms with Crippen LogP contribution in [0.25, 0.3) is 0 Å². The quantitative estimate of drug-likeness (QED) is 0.650. The standard InChI is InChI=1S/C7H10O4/c1-5-6(3-4-9-2)11-7(8)10-5/h3-4H2,1-2H3. The Bertz CT molecular complexity index is 270. The van der Waals surface area contributed by atoms with E-state index in [4.69, 9.17) is 9.15 Å². The van der Waals surface area contributed by atoms with E-state index in [-0.39, 0.29) is 0 Å². The van der Waals surface area contributed by atoms with Crippen LogP contribution in [0.5, 0.6) is 0 Å². The van der Waals surface area contributed by atoms with E-state index >= 15 is 0 Å². The number of ether oxygens (including phenoxy) is 1. The van der Waals surface area contributed by atoms with Crippen molar-refractivity contribution in [3.8, 4) is 0 Å². The van der Waals surface area contributed by atoms with Gasteiger partial charge in [0.1, 0.15) is 5.76 Å². The second kappa shape index (κ2) is 3.39. The van der Waals surface area contributed by atoms with Gasteiger partial charge in [0.25, 0.3) is 0 Å². The van der Waals surface area contributed by atoms with Crippen LogP contribution in [0, 0.1) is 6.92 Å². The Labute approximate surface area is 63.8 Å². The first-order valence-corrected chi connectivity index (χ1v) is 3.32. The molecule has 0 amide bonds. The van der Waals surface area contributed by atoms with E-state index in [1.54, 1.807) is 14.0 Å². The zero-order valence-corrected chi connectivity index (χ0v) is 6.55. The third-order valence-electron chi connectivity index (χ3n) is 1.37. The van der Waals surface area contributed by atoms with Gasteiger partial charge in [-0.15, -0.1) is 0 Å². The summed E-state index contributed by atoms with van der Waals surface area (Å²) >= 11 is 0. The zero-order chi connectivity index (χ0) is 8.27. The zero-order valence-electron chi connectivity index (χ0n) is 6.55. The summed E-state index contributed by atoms with van der Waals surface area (Å²) in [6.45, 7) is 2.22. The Morgan fingerprint density at radius 2 is 2.18 bits per heavy atom. The van der Waals surface area contributed by atoms with E-state index in [1.807, 2.05) is 0 Å². The number of aryl methyl sites for hydroxylation is 1. The fourth-order valence-corrected chi connectivity index (χ4v) is 0.797. The highest BCUT2D eigenvalue weighted by atomic mass is 16.6. The summed E-state index contributed by atoms with van der Waals surface area (Å²) in [7, 11) is 1.59. The molecular formula is C7H10O4. The van der Waals surface area contributed by atoms with E-state index < -0.39 is 5.82 Å². The summed E-state index contributed by atoms with van der Waals surface area (Å²) in [4.78, 5) is 10.5. The first-order chi connectivity index (χ1) is 5.24. The SMILES string of the molecule is COCCc1oc(=O)oc1C. The minimum absolute atomic E-state index is 0.531. The first-order valence-electron chi connectivity index (χ1n) is 3.32. The number of hydrogen-bond acceptors (Lipinski definition) is 4. The molecule has 0 atom stereocenters. The van der Waals surface area contributed by atoms with E-state index in [0.29, 0.717) is 24.5 Å². The van der Waals surface area contributed by atoms with Crippen LogP contribution in [-0.4, -0.2) is 13.7 Å². The van der Waals surface area contributed by atoms with Gasteiger partial charge in [-0.3, -0.25) is 0 Å². The lowest BCUT2D eigenvalue weighted by Crippen LogP contribution is -1.94. The van der Waals surface area contributed by atoms with Crippen LogP contribution in [0.3, 0.4) is 0 Å². The van der Waals surface area contributed by atoms with Gasteiger partial charge in [-0.2, -0.15) is 0 Å². The van der Waals surface area contributed by atoms with Gasteiger partial charge in [-0.05, 0) is 6.92 Å². The smallest absolute Gasteiger partial charge is 0.396 e. The maximum Gasteiger partial charge on any atom is 0.519 e. The van der Waals surface area contributed by atoms with Crippen LogP contribution in [-0.2, 0) is 11.2 Å². The molecule has 0 aliphatic heterocycles. The molecule has 0 aliphatic rings. The van der Waals surface area contributed by atoms with Gasteiger partial charge in [0.2, 0.25) is 0 Å². The molecule has 0 unspecified atom stereocenters. The van der Waals surface area contributed by atoms with E-state index in [1.165, 1.54) is 0 Å². The van der Waals surface area contributed by atoms with Crippen molar-refractivity contribution in [1.29, 1.82) is 0 Å². The van der Waals surface area contributed by atoms with Crippen molar-refractivity contribution in [2.24, 2.45) is 0 Å². The van der Waals surface area contributed by atoms with Crippen LogP contribution >= 0.6 is 0 Å². The molecule has 1 rings (SSSR count). The van der Waals surface area contributed by atoms with Gasteiger partial charge in [-0.25, -0.2) is 4.79 Å². The predicted molar refractivity (Wildman–Crippen MR) is 37.6 cm³/mol. The van der Waals surface area contributed by atoms with Crippen LogP contribution in [0.4, 0.5) is 0 Å². The molecule has 0 aliphatic carbocycles. The van der Waals surface area contributed by atoms with Gasteiger partial charge >= 0.3 is 5.82 Å². The summed E-state index contributed by atoms with van der Waals surface area (Å²) in [6, 6.07) is 0. The lowest BCUT2D eigenvalue weighted by atomic mass is 10.3. The maximum atomic E-state index is 10.5. The van der Waals surface area contributed by atoms with E-state index in [9.17, 15) is 4.79 Å². The van der Waals surface area contributed by atoms with Crippen LogP contribution < -0.4 is 5.82 Å². The number of methoxy groups -OCH3 is 1. The highest BCUT2D eigenvalue weighted by molar-refractivity contribution is 5.00. The number of rotatable bonds is 3. The third kappa shape index (κ3) is 1.94. The molecule has 0 N–H and O–H groups in total. The molecule has 0 saturated heterocycles. The van der Waals surface area contributed by atoms with E-state index in [0.717, 1.165) is 0 Å². The Hall–Kier alpha value is -1.03. The highest BCUT2D eigenvalue weighted by Crippen LogP contribution is 2.04. The Balaban J connectivity index is 2.69. The lowest BCUT2D eigenvalue weighted by molar-refractivity contribution is 0.195. The monoisotopic (exact) mass is 158 g/mol. The summed E-state index contributed by atoms with van der Waals surface area (Å²) < 4.78 is 14.2. The summed E-state index contributed by atoms with van der Waals surface area (Å²) in [5.41, 5.74) is 0. The molecule has 11 heavy (non-hydrogen) atoms.